The number of benzene rings is 3. The van der Waals surface area contributed by atoms with Gasteiger partial charge in [0, 0.05) is 5.56 Å². The molecule has 0 aliphatic rings. The van der Waals surface area contributed by atoms with Crippen molar-refractivity contribution < 1.29 is 4.74 Å². The number of nitrogens with zero attached hydrogens (tertiary/aromatic N) is 1. The maximum atomic E-state index is 10.1. The van der Waals surface area contributed by atoms with E-state index in [1.165, 1.54) is 0 Å². The van der Waals surface area contributed by atoms with Crippen LogP contribution >= 0.6 is 0 Å². The lowest BCUT2D eigenvalue weighted by Gasteiger charge is -2.27. The first-order valence-electron chi connectivity index (χ1n) is 8.36. The van der Waals surface area contributed by atoms with Crippen LogP contribution in [0.4, 0.5) is 0 Å². The van der Waals surface area contributed by atoms with Crippen LogP contribution in [0.1, 0.15) is 17.5 Å². The summed E-state index contributed by atoms with van der Waals surface area (Å²) in [6.45, 7) is 3.88. The van der Waals surface area contributed by atoms with Gasteiger partial charge in [-0.2, -0.15) is 5.26 Å². The molecular weight excluding hydrogens is 306 g/mol. The van der Waals surface area contributed by atoms with E-state index in [-0.39, 0.29) is 0 Å². The molecule has 0 radical (unpaired) electrons. The molecule has 0 aliphatic heterocycles. The molecule has 3 rings (SSSR count). The molecule has 0 amide bonds. The summed E-state index contributed by atoms with van der Waals surface area (Å²) in [5.74, 6) is 0.818. The Hall–Kier alpha value is -3.05. The van der Waals surface area contributed by atoms with Gasteiger partial charge in [-0.05, 0) is 35.2 Å². The van der Waals surface area contributed by atoms with Crippen LogP contribution in [0.3, 0.4) is 0 Å². The molecule has 0 aromatic heterocycles. The lowest BCUT2D eigenvalue weighted by Crippen LogP contribution is -2.27. The number of methoxy groups -OCH3 is 1. The summed E-state index contributed by atoms with van der Waals surface area (Å²) in [5.41, 5.74) is 1.40. The van der Waals surface area contributed by atoms with Gasteiger partial charge >= 0.3 is 0 Å². The summed E-state index contributed by atoms with van der Waals surface area (Å²) < 4.78 is 5.62. The summed E-state index contributed by atoms with van der Waals surface area (Å²) >= 11 is 0. The Kier molecular flexibility index (Phi) is 4.86. The highest BCUT2D eigenvalue weighted by Crippen LogP contribution is 2.38. The number of nitriles is 1. The molecule has 3 aromatic rings. The monoisotopic (exact) mass is 327 g/mol. The van der Waals surface area contributed by atoms with Crippen LogP contribution in [-0.2, 0) is 11.8 Å². The third-order valence-corrected chi connectivity index (χ3v) is 4.73. The zero-order valence-electron chi connectivity index (χ0n) is 14.4. The first kappa shape index (κ1) is 16.8. The fourth-order valence-corrected chi connectivity index (χ4v) is 3.44. The maximum absolute atomic E-state index is 10.1. The Morgan fingerprint density at radius 1 is 1.04 bits per heavy atom. The second-order valence-electron chi connectivity index (χ2n) is 6.20. The quantitative estimate of drug-likeness (QED) is 0.566. The molecular formula is C23H21NO. The van der Waals surface area contributed by atoms with Crippen LogP contribution in [0.5, 0.6) is 5.75 Å². The van der Waals surface area contributed by atoms with Crippen molar-refractivity contribution in [1.29, 1.82) is 5.26 Å². The Bertz CT molecular complexity index is 924. The number of fused-ring (bicyclic) bond motifs is 1. The molecule has 1 atom stereocenters. The van der Waals surface area contributed by atoms with Gasteiger partial charge in [0.25, 0.3) is 0 Å². The molecule has 0 spiro atoms. The fourth-order valence-electron chi connectivity index (χ4n) is 3.44. The molecule has 0 saturated heterocycles. The van der Waals surface area contributed by atoms with Crippen LogP contribution in [0, 0.1) is 11.3 Å². The van der Waals surface area contributed by atoms with Crippen molar-refractivity contribution in [1.82, 2.24) is 0 Å². The lowest BCUT2D eigenvalue weighted by atomic mass is 9.73. The molecule has 0 heterocycles. The second kappa shape index (κ2) is 7.23. The number of hydrogen-bond acceptors (Lipinski definition) is 2. The average Bonchev–Trinajstić information content (AvgIpc) is 2.68. The Balaban J connectivity index is 2.20. The maximum Gasteiger partial charge on any atom is 0.122 e. The number of ether oxygens (including phenoxy) is 1. The first-order valence-corrected chi connectivity index (χ1v) is 8.36. The zero-order chi connectivity index (χ0) is 17.7. The third kappa shape index (κ3) is 3.14. The minimum atomic E-state index is -0.666. The van der Waals surface area contributed by atoms with Gasteiger partial charge in [0.15, 0.2) is 0 Å². The number of rotatable bonds is 6. The van der Waals surface area contributed by atoms with Gasteiger partial charge in [0.2, 0.25) is 0 Å². The highest BCUT2D eigenvalue weighted by Gasteiger charge is 2.33. The van der Waals surface area contributed by atoms with Gasteiger partial charge in [-0.25, -0.2) is 0 Å². The van der Waals surface area contributed by atoms with E-state index < -0.39 is 5.41 Å². The van der Waals surface area contributed by atoms with Gasteiger partial charge in [0.1, 0.15) is 5.75 Å². The van der Waals surface area contributed by atoms with E-state index in [0.29, 0.717) is 12.8 Å². The van der Waals surface area contributed by atoms with Crippen LogP contribution in [0.15, 0.2) is 79.4 Å². The van der Waals surface area contributed by atoms with Crippen molar-refractivity contribution in [3.63, 3.8) is 0 Å². The van der Waals surface area contributed by atoms with Gasteiger partial charge in [-0.1, -0.05) is 66.7 Å². The molecule has 25 heavy (non-hydrogen) atoms. The summed E-state index contributed by atoms with van der Waals surface area (Å²) in [5, 5.41) is 12.4. The number of allylic oxidation sites excluding steroid dienone is 1. The van der Waals surface area contributed by atoms with E-state index in [0.717, 1.165) is 27.6 Å². The Morgan fingerprint density at radius 2 is 1.76 bits per heavy atom. The first-order chi connectivity index (χ1) is 12.2. The van der Waals surface area contributed by atoms with E-state index in [9.17, 15) is 5.26 Å². The fraction of sp³-hybridized carbons (Fsp3) is 0.174. The summed E-state index contributed by atoms with van der Waals surface area (Å²) in [6, 6.07) is 24.8. The van der Waals surface area contributed by atoms with Crippen molar-refractivity contribution >= 4 is 10.8 Å². The largest absolute Gasteiger partial charge is 0.496 e. The van der Waals surface area contributed by atoms with Crippen molar-refractivity contribution in [2.75, 3.05) is 7.11 Å². The zero-order valence-corrected chi connectivity index (χ0v) is 14.4. The smallest absolute Gasteiger partial charge is 0.122 e. The van der Waals surface area contributed by atoms with E-state index in [1.54, 1.807) is 7.11 Å². The van der Waals surface area contributed by atoms with E-state index in [2.05, 4.69) is 30.8 Å². The SMILES string of the molecule is C=CCC(C#N)(Cc1c(OC)ccc2ccccc12)c1ccccc1. The molecule has 124 valence electrons. The summed E-state index contributed by atoms with van der Waals surface area (Å²) in [4.78, 5) is 0. The Labute approximate surface area is 149 Å². The highest BCUT2D eigenvalue weighted by molar-refractivity contribution is 5.88. The van der Waals surface area contributed by atoms with Crippen LogP contribution in [0.25, 0.3) is 10.8 Å². The topological polar surface area (TPSA) is 33.0 Å². The van der Waals surface area contributed by atoms with E-state index >= 15 is 0 Å². The van der Waals surface area contributed by atoms with Crippen molar-refractivity contribution in [3.8, 4) is 11.8 Å². The van der Waals surface area contributed by atoms with Crippen molar-refractivity contribution in [2.24, 2.45) is 0 Å². The normalized spacial score (nSPS) is 13.0. The molecule has 0 saturated carbocycles. The third-order valence-electron chi connectivity index (χ3n) is 4.73. The average molecular weight is 327 g/mol. The molecule has 0 aliphatic carbocycles. The van der Waals surface area contributed by atoms with Crippen LogP contribution < -0.4 is 4.74 Å². The minimum absolute atomic E-state index is 0.573. The molecule has 0 N–H and O–H groups in total. The van der Waals surface area contributed by atoms with Gasteiger partial charge < -0.3 is 4.74 Å². The lowest BCUT2D eigenvalue weighted by molar-refractivity contribution is 0.405. The minimum Gasteiger partial charge on any atom is -0.496 e. The predicted molar refractivity (Wildman–Crippen MR) is 103 cm³/mol. The van der Waals surface area contributed by atoms with E-state index in [4.69, 9.17) is 4.74 Å². The molecule has 0 fully saturated rings. The molecule has 2 nitrogen and oxygen atoms in total. The summed E-state index contributed by atoms with van der Waals surface area (Å²) in [7, 11) is 1.68. The molecule has 2 heteroatoms. The Morgan fingerprint density at radius 3 is 2.44 bits per heavy atom. The molecule has 3 aromatic carbocycles. The standard InChI is InChI=1S/C23H21NO/c1-3-15-23(17-24,19-10-5-4-6-11-19)16-21-20-12-8-7-9-18(20)13-14-22(21)25-2/h3-14H,1,15-16H2,2H3. The number of hydrogen-bond donors (Lipinski definition) is 0. The van der Waals surface area contributed by atoms with Gasteiger partial charge in [-0.3, -0.25) is 0 Å². The van der Waals surface area contributed by atoms with Crippen molar-refractivity contribution in [3.05, 3.63) is 90.5 Å². The van der Waals surface area contributed by atoms with Crippen LogP contribution in [-0.4, -0.2) is 7.11 Å². The van der Waals surface area contributed by atoms with Crippen molar-refractivity contribution in [2.45, 2.75) is 18.3 Å². The van der Waals surface area contributed by atoms with E-state index in [1.807, 2.05) is 54.6 Å². The highest BCUT2D eigenvalue weighted by atomic mass is 16.5. The second-order valence-corrected chi connectivity index (χ2v) is 6.20. The van der Waals surface area contributed by atoms with Gasteiger partial charge in [-0.15, -0.1) is 6.58 Å². The van der Waals surface area contributed by atoms with Gasteiger partial charge in [0.05, 0.1) is 18.6 Å². The predicted octanol–water partition coefficient (Wildman–Crippen LogP) is 5.43. The summed E-state index contributed by atoms with van der Waals surface area (Å²) in [6.07, 6.45) is 2.98. The molecule has 1 unspecified atom stereocenters. The molecule has 0 bridgehead atoms. The van der Waals surface area contributed by atoms with Crippen LogP contribution in [0.2, 0.25) is 0 Å².